The largest absolute Gasteiger partial charge is 0.492 e. The Hall–Kier alpha value is -2.93. The fraction of sp³-hybridized carbons (Fsp3) is 0.444. The second-order valence-electron chi connectivity index (χ2n) is 9.75. The predicted octanol–water partition coefficient (Wildman–Crippen LogP) is 7.05. The molecule has 8 heteroatoms. The summed E-state index contributed by atoms with van der Waals surface area (Å²) in [6, 6.07) is 8.68. The zero-order valence-electron chi connectivity index (χ0n) is 20.9. The van der Waals surface area contributed by atoms with E-state index < -0.39 is 5.82 Å². The molecule has 1 aromatic heterocycles. The minimum atomic E-state index is -0.407. The third-order valence-electron chi connectivity index (χ3n) is 5.82. The average molecular weight is 499 g/mol. The van der Waals surface area contributed by atoms with E-state index in [0.717, 1.165) is 30.2 Å². The van der Waals surface area contributed by atoms with E-state index in [1.54, 1.807) is 12.3 Å². The molecule has 0 saturated heterocycles. The first-order chi connectivity index (χ1) is 16.6. The second kappa shape index (κ2) is 10.4. The van der Waals surface area contributed by atoms with Gasteiger partial charge in [-0.3, -0.25) is 4.99 Å². The van der Waals surface area contributed by atoms with E-state index in [2.05, 4.69) is 15.3 Å². The van der Waals surface area contributed by atoms with Crippen molar-refractivity contribution in [1.82, 2.24) is 9.97 Å². The smallest absolute Gasteiger partial charge is 0.223 e. The van der Waals surface area contributed by atoms with E-state index in [-0.39, 0.29) is 22.7 Å². The highest BCUT2D eigenvalue weighted by atomic mass is 35.5. The Labute approximate surface area is 210 Å². The highest BCUT2D eigenvalue weighted by molar-refractivity contribution is 6.34. The van der Waals surface area contributed by atoms with Crippen molar-refractivity contribution in [3.8, 4) is 16.9 Å². The highest BCUT2D eigenvalue weighted by Gasteiger charge is 2.28. The predicted molar refractivity (Wildman–Crippen MR) is 140 cm³/mol. The van der Waals surface area contributed by atoms with E-state index in [1.165, 1.54) is 6.07 Å². The third kappa shape index (κ3) is 6.01. The molecule has 0 spiro atoms. The van der Waals surface area contributed by atoms with Gasteiger partial charge in [0.15, 0.2) is 5.90 Å². The van der Waals surface area contributed by atoms with Gasteiger partial charge in [-0.15, -0.1) is 0 Å². The standard InChI is InChI=1S/C27H32ClFN4O2/c1-6-34-23-13-11-19(29)24(25(23)28)17-10-12-20-18(14-17)15-30-26(32-20)33-22-9-7-8-21(22)31-16(2)35-27(3,4)5/h10-15,21-22H,6-9H2,1-5H3,(H,30,32,33). The second-order valence-corrected chi connectivity index (χ2v) is 10.1. The number of aliphatic imine (C=N–C) groups is 1. The van der Waals surface area contributed by atoms with E-state index in [9.17, 15) is 4.39 Å². The summed E-state index contributed by atoms with van der Waals surface area (Å²) in [5.74, 6) is 1.30. The lowest BCUT2D eigenvalue weighted by atomic mass is 10.0. The number of aromatic nitrogens is 2. The van der Waals surface area contributed by atoms with E-state index >= 15 is 0 Å². The van der Waals surface area contributed by atoms with Crippen molar-refractivity contribution in [2.24, 2.45) is 4.99 Å². The molecule has 1 heterocycles. The van der Waals surface area contributed by atoms with Crippen LogP contribution < -0.4 is 10.1 Å². The number of hydrogen-bond acceptors (Lipinski definition) is 6. The number of hydrogen-bond donors (Lipinski definition) is 1. The van der Waals surface area contributed by atoms with E-state index in [1.807, 2.05) is 52.8 Å². The molecule has 2 unspecified atom stereocenters. The monoisotopic (exact) mass is 498 g/mol. The molecule has 3 aromatic rings. The van der Waals surface area contributed by atoms with Gasteiger partial charge in [0.05, 0.1) is 29.2 Å². The number of rotatable bonds is 6. The molecule has 6 nitrogen and oxygen atoms in total. The van der Waals surface area contributed by atoms with Gasteiger partial charge in [0.25, 0.3) is 0 Å². The van der Waals surface area contributed by atoms with E-state index in [4.69, 9.17) is 26.1 Å². The van der Waals surface area contributed by atoms with Gasteiger partial charge < -0.3 is 14.8 Å². The van der Waals surface area contributed by atoms with Crippen LogP contribution in [0.15, 0.2) is 41.5 Å². The van der Waals surface area contributed by atoms with Crippen LogP contribution in [0.25, 0.3) is 22.0 Å². The Bertz CT molecular complexity index is 1240. The summed E-state index contributed by atoms with van der Waals surface area (Å²) in [6.07, 6.45) is 4.81. The minimum Gasteiger partial charge on any atom is -0.492 e. The number of anilines is 1. The van der Waals surface area contributed by atoms with Gasteiger partial charge in [-0.1, -0.05) is 17.7 Å². The summed E-state index contributed by atoms with van der Waals surface area (Å²) in [6.45, 7) is 10.3. The van der Waals surface area contributed by atoms with Crippen molar-refractivity contribution in [3.63, 3.8) is 0 Å². The molecule has 1 fully saturated rings. The molecule has 2 atom stereocenters. The van der Waals surface area contributed by atoms with Crippen molar-refractivity contribution in [1.29, 1.82) is 0 Å². The van der Waals surface area contributed by atoms with Crippen LogP contribution in [0.2, 0.25) is 5.02 Å². The maximum atomic E-state index is 14.7. The number of halogens is 2. The third-order valence-corrected chi connectivity index (χ3v) is 6.19. The van der Waals surface area contributed by atoms with Crippen molar-refractivity contribution in [3.05, 3.63) is 47.4 Å². The lowest BCUT2D eigenvalue weighted by Crippen LogP contribution is -2.30. The summed E-state index contributed by atoms with van der Waals surface area (Å²) in [5.41, 5.74) is 1.44. The Balaban J connectivity index is 1.55. The maximum Gasteiger partial charge on any atom is 0.223 e. The van der Waals surface area contributed by atoms with Crippen LogP contribution in [0.4, 0.5) is 10.3 Å². The minimum absolute atomic E-state index is 0.113. The molecule has 1 N–H and O–H groups in total. The van der Waals surface area contributed by atoms with Crippen molar-refractivity contribution in [2.75, 3.05) is 11.9 Å². The van der Waals surface area contributed by atoms with Gasteiger partial charge in [0, 0.05) is 24.1 Å². The van der Waals surface area contributed by atoms with E-state index in [0.29, 0.717) is 35.3 Å². The van der Waals surface area contributed by atoms with Gasteiger partial charge >= 0.3 is 0 Å². The summed E-state index contributed by atoms with van der Waals surface area (Å²) >= 11 is 6.46. The van der Waals surface area contributed by atoms with Crippen LogP contribution in [0.1, 0.15) is 53.9 Å². The van der Waals surface area contributed by atoms with Gasteiger partial charge in [-0.05, 0) is 76.8 Å². The van der Waals surface area contributed by atoms with Crippen LogP contribution >= 0.6 is 11.6 Å². The summed E-state index contributed by atoms with van der Waals surface area (Å²) in [5, 5.41) is 4.50. The molecular weight excluding hydrogens is 467 g/mol. The fourth-order valence-corrected chi connectivity index (χ4v) is 4.77. The molecule has 0 aliphatic heterocycles. The molecule has 1 aliphatic carbocycles. The zero-order chi connectivity index (χ0) is 25.2. The van der Waals surface area contributed by atoms with Gasteiger partial charge in [0.2, 0.25) is 5.95 Å². The Morgan fingerprint density at radius 1 is 1.23 bits per heavy atom. The maximum absolute atomic E-state index is 14.7. The molecule has 0 radical (unpaired) electrons. The fourth-order valence-electron chi connectivity index (χ4n) is 4.46. The van der Waals surface area contributed by atoms with Crippen LogP contribution in [-0.4, -0.2) is 40.2 Å². The number of nitrogens with zero attached hydrogens (tertiary/aromatic N) is 3. The van der Waals surface area contributed by atoms with Crippen LogP contribution in [-0.2, 0) is 4.74 Å². The SMILES string of the molecule is CCOc1ccc(F)c(-c2ccc3nc(NC4CCCC4N=C(C)OC(C)(C)C)ncc3c2)c1Cl. The number of nitrogens with one attached hydrogen (secondary N) is 1. The van der Waals surface area contributed by atoms with Crippen LogP contribution in [0, 0.1) is 5.82 Å². The lowest BCUT2D eigenvalue weighted by molar-refractivity contribution is 0.114. The molecule has 1 aliphatic rings. The molecule has 35 heavy (non-hydrogen) atoms. The Kier molecular flexibility index (Phi) is 7.45. The van der Waals surface area contributed by atoms with Crippen molar-refractivity contribution < 1.29 is 13.9 Å². The number of fused-ring (bicyclic) bond motifs is 1. The zero-order valence-corrected chi connectivity index (χ0v) is 21.6. The Morgan fingerprint density at radius 3 is 2.77 bits per heavy atom. The topological polar surface area (TPSA) is 68.6 Å². The molecule has 2 aromatic carbocycles. The van der Waals surface area contributed by atoms with Gasteiger partial charge in [0.1, 0.15) is 17.2 Å². The molecule has 186 valence electrons. The average Bonchev–Trinajstić information content (AvgIpc) is 3.20. The summed E-state index contributed by atoms with van der Waals surface area (Å²) < 4.78 is 26.1. The highest BCUT2D eigenvalue weighted by Crippen LogP contribution is 2.38. The summed E-state index contributed by atoms with van der Waals surface area (Å²) in [7, 11) is 0. The first-order valence-corrected chi connectivity index (χ1v) is 12.4. The Morgan fingerprint density at radius 2 is 2.03 bits per heavy atom. The lowest BCUT2D eigenvalue weighted by Gasteiger charge is -2.23. The normalized spacial score (nSPS) is 18.7. The number of benzene rings is 2. The van der Waals surface area contributed by atoms with Crippen molar-refractivity contribution >= 4 is 34.3 Å². The van der Waals surface area contributed by atoms with Gasteiger partial charge in [-0.2, -0.15) is 0 Å². The first kappa shape index (κ1) is 25.2. The van der Waals surface area contributed by atoms with Crippen LogP contribution in [0.5, 0.6) is 5.75 Å². The van der Waals surface area contributed by atoms with Crippen molar-refractivity contribution in [2.45, 2.75) is 71.6 Å². The first-order valence-electron chi connectivity index (χ1n) is 12.0. The number of ether oxygens (including phenoxy) is 2. The molecule has 1 saturated carbocycles. The molecule has 0 amide bonds. The van der Waals surface area contributed by atoms with Crippen LogP contribution in [0.3, 0.4) is 0 Å². The van der Waals surface area contributed by atoms with Gasteiger partial charge in [-0.25, -0.2) is 14.4 Å². The quantitative estimate of drug-likeness (QED) is 0.291. The molecule has 4 rings (SSSR count). The molecule has 0 bridgehead atoms. The molecular formula is C27H32ClFN4O2. The summed E-state index contributed by atoms with van der Waals surface area (Å²) in [4.78, 5) is 14.0.